The molecule has 7 heteroatoms. The minimum absolute atomic E-state index is 0.291. The monoisotopic (exact) mass is 436 g/mol. The molecule has 6 nitrogen and oxygen atoms in total. The third-order valence-electron chi connectivity index (χ3n) is 5.51. The number of fused-ring (bicyclic) bond motifs is 2. The number of allylic oxidation sites excluding steroid dienone is 4. The SMILES string of the molecule is C=C/C(N)=C\C(=C/C)c1ccc2[nH]nc(-c3cc4c(-c5cccc(F)c5)cncc4[nH]3)c2n1. The summed E-state index contributed by atoms with van der Waals surface area (Å²) in [6, 6.07) is 12.3. The van der Waals surface area contributed by atoms with Crippen molar-refractivity contribution in [3.63, 3.8) is 0 Å². The molecule has 0 spiro atoms. The van der Waals surface area contributed by atoms with E-state index in [1.807, 2.05) is 43.3 Å². The molecule has 0 atom stereocenters. The second kappa shape index (κ2) is 8.20. The number of aromatic nitrogens is 5. The van der Waals surface area contributed by atoms with Crippen molar-refractivity contribution in [2.24, 2.45) is 5.73 Å². The van der Waals surface area contributed by atoms with Crippen molar-refractivity contribution in [1.29, 1.82) is 0 Å². The van der Waals surface area contributed by atoms with Gasteiger partial charge in [0, 0.05) is 22.8 Å². The zero-order valence-corrected chi connectivity index (χ0v) is 17.9. The minimum Gasteiger partial charge on any atom is -0.399 e. The molecule has 0 unspecified atom stereocenters. The van der Waals surface area contributed by atoms with Gasteiger partial charge < -0.3 is 10.7 Å². The van der Waals surface area contributed by atoms with Gasteiger partial charge >= 0.3 is 0 Å². The van der Waals surface area contributed by atoms with Crippen molar-refractivity contribution in [3.05, 3.63) is 96.9 Å². The maximum Gasteiger partial charge on any atom is 0.135 e. The third kappa shape index (κ3) is 3.70. The Hall–Kier alpha value is -4.52. The molecule has 1 aromatic carbocycles. The number of benzene rings is 1. The molecule has 0 bridgehead atoms. The molecule has 0 radical (unpaired) electrons. The molecule has 0 fully saturated rings. The van der Waals surface area contributed by atoms with Crippen molar-refractivity contribution < 1.29 is 4.39 Å². The van der Waals surface area contributed by atoms with E-state index in [1.165, 1.54) is 12.1 Å². The normalized spacial score (nSPS) is 12.5. The summed E-state index contributed by atoms with van der Waals surface area (Å²) >= 11 is 0. The Kier molecular flexibility index (Phi) is 5.06. The molecule has 4 aromatic heterocycles. The van der Waals surface area contributed by atoms with Crippen LogP contribution in [0, 0.1) is 5.82 Å². The first-order valence-corrected chi connectivity index (χ1v) is 10.4. The van der Waals surface area contributed by atoms with Crippen LogP contribution in [0.4, 0.5) is 4.39 Å². The van der Waals surface area contributed by atoms with Crippen LogP contribution >= 0.6 is 0 Å². The molecule has 0 amide bonds. The number of hydrogen-bond acceptors (Lipinski definition) is 4. The number of aromatic amines is 2. The number of nitrogens with zero attached hydrogens (tertiary/aromatic N) is 3. The van der Waals surface area contributed by atoms with Crippen LogP contribution < -0.4 is 5.73 Å². The van der Waals surface area contributed by atoms with Crippen LogP contribution in [-0.4, -0.2) is 25.1 Å². The lowest BCUT2D eigenvalue weighted by molar-refractivity contribution is 0.628. The van der Waals surface area contributed by atoms with Gasteiger partial charge in [0.15, 0.2) is 0 Å². The Morgan fingerprint density at radius 3 is 2.79 bits per heavy atom. The number of H-pyrrole nitrogens is 2. The van der Waals surface area contributed by atoms with Crippen LogP contribution in [0.5, 0.6) is 0 Å². The van der Waals surface area contributed by atoms with E-state index in [0.29, 0.717) is 11.4 Å². The Labute approximate surface area is 189 Å². The van der Waals surface area contributed by atoms with Crippen LogP contribution in [0.3, 0.4) is 0 Å². The number of rotatable bonds is 5. The first-order chi connectivity index (χ1) is 16.1. The summed E-state index contributed by atoms with van der Waals surface area (Å²) in [5.74, 6) is -0.291. The Morgan fingerprint density at radius 1 is 1.12 bits per heavy atom. The second-order valence-electron chi connectivity index (χ2n) is 7.60. The van der Waals surface area contributed by atoms with Crippen molar-refractivity contribution >= 4 is 27.5 Å². The van der Waals surface area contributed by atoms with Gasteiger partial charge in [-0.25, -0.2) is 9.37 Å². The van der Waals surface area contributed by atoms with Gasteiger partial charge in [-0.2, -0.15) is 5.10 Å². The van der Waals surface area contributed by atoms with Crippen LogP contribution in [0.1, 0.15) is 12.6 Å². The van der Waals surface area contributed by atoms with E-state index in [2.05, 4.69) is 26.7 Å². The highest BCUT2D eigenvalue weighted by Crippen LogP contribution is 2.33. The van der Waals surface area contributed by atoms with Gasteiger partial charge in [0.2, 0.25) is 0 Å². The third-order valence-corrected chi connectivity index (χ3v) is 5.51. The summed E-state index contributed by atoms with van der Waals surface area (Å²) in [6.07, 6.45) is 8.86. The van der Waals surface area contributed by atoms with E-state index >= 15 is 0 Å². The number of hydrogen-bond donors (Lipinski definition) is 3. The largest absolute Gasteiger partial charge is 0.399 e. The summed E-state index contributed by atoms with van der Waals surface area (Å²) in [6.45, 7) is 5.64. The number of halogens is 1. The van der Waals surface area contributed by atoms with E-state index in [0.717, 1.165) is 50.0 Å². The number of nitrogens with one attached hydrogen (secondary N) is 2. The zero-order valence-electron chi connectivity index (χ0n) is 17.9. The highest BCUT2D eigenvalue weighted by atomic mass is 19.1. The molecule has 33 heavy (non-hydrogen) atoms. The van der Waals surface area contributed by atoms with Crippen molar-refractivity contribution in [2.75, 3.05) is 0 Å². The summed E-state index contributed by atoms with van der Waals surface area (Å²) in [4.78, 5) is 12.6. The van der Waals surface area contributed by atoms with Gasteiger partial charge in [-0.1, -0.05) is 24.8 Å². The standard InChI is InChI=1S/C26H21FN6/c1-3-15(11-18(28)4-2)21-8-9-22-25(31-21)26(33-32-22)23-12-19-20(13-29-14-24(19)30-23)16-6-5-7-17(27)10-16/h3-14,30H,2,28H2,1H3,(H,32,33)/b15-3+,18-11+. The van der Waals surface area contributed by atoms with Crippen LogP contribution in [0.15, 0.2) is 85.4 Å². The lowest BCUT2D eigenvalue weighted by atomic mass is 10.0. The van der Waals surface area contributed by atoms with Gasteiger partial charge in [0.25, 0.3) is 0 Å². The van der Waals surface area contributed by atoms with Crippen LogP contribution in [0.2, 0.25) is 0 Å². The summed E-state index contributed by atoms with van der Waals surface area (Å²) in [5.41, 5.74) is 13.6. The van der Waals surface area contributed by atoms with Crippen molar-refractivity contribution in [2.45, 2.75) is 6.92 Å². The zero-order chi connectivity index (χ0) is 22.9. The molecule has 5 rings (SSSR count). The molecule has 5 aromatic rings. The fraction of sp³-hybridized carbons (Fsp3) is 0.0385. The quantitative estimate of drug-likeness (QED) is 0.306. The van der Waals surface area contributed by atoms with E-state index in [-0.39, 0.29) is 5.82 Å². The lowest BCUT2D eigenvalue weighted by Crippen LogP contribution is -1.95. The van der Waals surface area contributed by atoms with Gasteiger partial charge in [-0.15, -0.1) is 0 Å². The fourth-order valence-electron chi connectivity index (χ4n) is 3.86. The fourth-order valence-corrected chi connectivity index (χ4v) is 3.86. The summed E-state index contributed by atoms with van der Waals surface area (Å²) < 4.78 is 13.8. The highest BCUT2D eigenvalue weighted by Gasteiger charge is 2.16. The average Bonchev–Trinajstić information content (AvgIpc) is 3.45. The highest BCUT2D eigenvalue weighted by molar-refractivity contribution is 6.00. The minimum atomic E-state index is -0.291. The molecule has 0 saturated heterocycles. The van der Waals surface area contributed by atoms with Gasteiger partial charge in [-0.3, -0.25) is 10.1 Å². The predicted octanol–water partition coefficient (Wildman–Crippen LogP) is 5.74. The second-order valence-corrected chi connectivity index (χ2v) is 7.60. The number of pyridine rings is 2. The molecule has 0 aliphatic rings. The first kappa shape index (κ1) is 20.4. The van der Waals surface area contributed by atoms with Gasteiger partial charge in [0.1, 0.15) is 17.0 Å². The van der Waals surface area contributed by atoms with Crippen LogP contribution in [-0.2, 0) is 0 Å². The number of nitrogens with two attached hydrogens (primary N) is 1. The van der Waals surface area contributed by atoms with Gasteiger partial charge in [-0.05, 0) is 60.5 Å². The lowest BCUT2D eigenvalue weighted by Gasteiger charge is -2.03. The molecular weight excluding hydrogens is 415 g/mol. The maximum atomic E-state index is 13.8. The molecule has 0 aliphatic carbocycles. The van der Waals surface area contributed by atoms with E-state index in [1.54, 1.807) is 24.5 Å². The maximum absolute atomic E-state index is 13.8. The predicted molar refractivity (Wildman–Crippen MR) is 130 cm³/mol. The van der Waals surface area contributed by atoms with Gasteiger partial charge in [0.05, 0.1) is 28.6 Å². The topological polar surface area (TPSA) is 96.3 Å². The van der Waals surface area contributed by atoms with Crippen molar-refractivity contribution in [3.8, 4) is 22.5 Å². The van der Waals surface area contributed by atoms with E-state index in [4.69, 9.17) is 10.7 Å². The smallest absolute Gasteiger partial charge is 0.135 e. The Bertz CT molecular complexity index is 1570. The Morgan fingerprint density at radius 2 is 2.00 bits per heavy atom. The molecular formula is C26H21FN6. The average molecular weight is 436 g/mol. The van der Waals surface area contributed by atoms with Crippen molar-refractivity contribution in [1.82, 2.24) is 25.1 Å². The molecule has 4 heterocycles. The molecule has 4 N–H and O–H groups in total. The van der Waals surface area contributed by atoms with E-state index in [9.17, 15) is 4.39 Å². The Balaban J connectivity index is 1.64. The molecule has 0 saturated carbocycles. The first-order valence-electron chi connectivity index (χ1n) is 10.4. The summed E-state index contributed by atoms with van der Waals surface area (Å²) in [7, 11) is 0. The summed E-state index contributed by atoms with van der Waals surface area (Å²) in [5, 5.41) is 8.48. The van der Waals surface area contributed by atoms with E-state index < -0.39 is 0 Å². The van der Waals surface area contributed by atoms with Crippen LogP contribution in [0.25, 0.3) is 50.0 Å². The molecule has 0 aliphatic heterocycles. The molecule has 162 valence electrons.